The van der Waals surface area contributed by atoms with E-state index in [1.807, 2.05) is 49.4 Å². The first-order valence-corrected chi connectivity index (χ1v) is 8.00. The van der Waals surface area contributed by atoms with Crippen molar-refractivity contribution in [3.05, 3.63) is 71.5 Å². The molecule has 0 saturated carbocycles. The van der Waals surface area contributed by atoms with Crippen LogP contribution in [0.1, 0.15) is 17.0 Å². The van der Waals surface area contributed by atoms with Crippen LogP contribution in [0.25, 0.3) is 11.3 Å². The highest BCUT2D eigenvalue weighted by molar-refractivity contribution is 5.80. The van der Waals surface area contributed by atoms with Crippen molar-refractivity contribution < 1.29 is 4.74 Å². The highest BCUT2D eigenvalue weighted by Gasteiger charge is 2.05. The lowest BCUT2D eigenvalue weighted by Crippen LogP contribution is -1.99. The van der Waals surface area contributed by atoms with Crippen LogP contribution in [0.5, 0.6) is 5.75 Å². The van der Waals surface area contributed by atoms with Crippen molar-refractivity contribution in [2.45, 2.75) is 13.8 Å². The zero-order valence-corrected chi connectivity index (χ0v) is 14.5. The van der Waals surface area contributed by atoms with Crippen LogP contribution in [0.15, 0.2) is 59.7 Å². The first-order chi connectivity index (χ1) is 12.1. The van der Waals surface area contributed by atoms with Gasteiger partial charge in [-0.25, -0.2) is 9.97 Å². The Balaban J connectivity index is 1.80. The molecule has 126 valence electrons. The quantitative estimate of drug-likeness (QED) is 0.561. The summed E-state index contributed by atoms with van der Waals surface area (Å²) in [5.41, 5.74) is 7.01. The van der Waals surface area contributed by atoms with Crippen LogP contribution in [0.3, 0.4) is 0 Å². The minimum atomic E-state index is 0.647. The lowest BCUT2D eigenvalue weighted by Gasteiger charge is -2.07. The molecule has 0 aliphatic carbocycles. The topological polar surface area (TPSA) is 59.4 Å². The van der Waals surface area contributed by atoms with Gasteiger partial charge in [-0.1, -0.05) is 42.0 Å². The molecule has 3 aromatic rings. The second-order valence-electron chi connectivity index (χ2n) is 5.70. The second kappa shape index (κ2) is 7.57. The number of methoxy groups -OCH3 is 1. The number of ether oxygens (including phenoxy) is 1. The predicted molar refractivity (Wildman–Crippen MR) is 101 cm³/mol. The van der Waals surface area contributed by atoms with E-state index in [9.17, 15) is 0 Å². The van der Waals surface area contributed by atoms with E-state index in [0.29, 0.717) is 11.6 Å². The Kier molecular flexibility index (Phi) is 5.04. The van der Waals surface area contributed by atoms with Crippen molar-refractivity contribution in [3.63, 3.8) is 0 Å². The van der Waals surface area contributed by atoms with Crippen molar-refractivity contribution >= 4 is 12.0 Å². The molecular weight excluding hydrogens is 312 g/mol. The van der Waals surface area contributed by atoms with Gasteiger partial charge in [0.2, 0.25) is 0 Å². The fourth-order valence-corrected chi connectivity index (χ4v) is 2.38. The number of hydrogen-bond acceptors (Lipinski definition) is 5. The van der Waals surface area contributed by atoms with Crippen LogP contribution in [0, 0.1) is 13.8 Å². The molecular formula is C20H20N4O. The van der Waals surface area contributed by atoms with E-state index in [0.717, 1.165) is 22.6 Å². The van der Waals surface area contributed by atoms with Crippen LogP contribution >= 0.6 is 0 Å². The smallest absolute Gasteiger partial charge is 0.150 e. The van der Waals surface area contributed by atoms with Gasteiger partial charge in [0.15, 0.2) is 0 Å². The summed E-state index contributed by atoms with van der Waals surface area (Å²) < 4.78 is 5.28. The molecule has 0 spiro atoms. The van der Waals surface area contributed by atoms with Crippen LogP contribution in [0.2, 0.25) is 0 Å². The van der Waals surface area contributed by atoms with Gasteiger partial charge in [0.1, 0.15) is 17.4 Å². The molecule has 0 saturated heterocycles. The first kappa shape index (κ1) is 16.6. The monoisotopic (exact) mass is 332 g/mol. The summed E-state index contributed by atoms with van der Waals surface area (Å²) in [5, 5.41) is 4.26. The second-order valence-corrected chi connectivity index (χ2v) is 5.70. The molecule has 3 rings (SSSR count). The number of anilines is 1. The molecule has 0 aliphatic rings. The Hall–Kier alpha value is -3.21. The van der Waals surface area contributed by atoms with E-state index in [2.05, 4.69) is 39.6 Å². The minimum Gasteiger partial charge on any atom is -0.497 e. The zero-order valence-electron chi connectivity index (χ0n) is 14.5. The van der Waals surface area contributed by atoms with Crippen molar-refractivity contribution in [1.29, 1.82) is 0 Å². The van der Waals surface area contributed by atoms with Crippen LogP contribution in [-0.4, -0.2) is 23.3 Å². The van der Waals surface area contributed by atoms with Crippen LogP contribution in [0.4, 0.5) is 5.82 Å². The van der Waals surface area contributed by atoms with Crippen molar-refractivity contribution in [3.8, 4) is 17.0 Å². The number of nitrogens with one attached hydrogen (secondary N) is 1. The Morgan fingerprint density at radius 1 is 1.00 bits per heavy atom. The van der Waals surface area contributed by atoms with E-state index < -0.39 is 0 Å². The van der Waals surface area contributed by atoms with E-state index in [1.54, 1.807) is 13.3 Å². The molecule has 0 atom stereocenters. The van der Waals surface area contributed by atoms with Gasteiger partial charge in [-0.2, -0.15) is 5.10 Å². The van der Waals surface area contributed by atoms with Crippen molar-refractivity contribution in [2.24, 2.45) is 5.10 Å². The third-order valence-corrected chi connectivity index (χ3v) is 3.67. The Morgan fingerprint density at radius 2 is 1.80 bits per heavy atom. The highest BCUT2D eigenvalue weighted by Crippen LogP contribution is 2.23. The molecule has 2 aromatic carbocycles. The summed E-state index contributed by atoms with van der Waals surface area (Å²) in [7, 11) is 1.65. The van der Waals surface area contributed by atoms with Crippen LogP contribution < -0.4 is 10.2 Å². The third kappa shape index (κ3) is 4.41. The van der Waals surface area contributed by atoms with E-state index >= 15 is 0 Å². The number of nitrogens with zero attached hydrogens (tertiary/aromatic N) is 3. The largest absolute Gasteiger partial charge is 0.497 e. The summed E-state index contributed by atoms with van der Waals surface area (Å²) >= 11 is 0. The lowest BCUT2D eigenvalue weighted by atomic mass is 10.1. The van der Waals surface area contributed by atoms with Gasteiger partial charge in [-0.15, -0.1) is 0 Å². The van der Waals surface area contributed by atoms with E-state index in [-0.39, 0.29) is 0 Å². The molecule has 0 unspecified atom stereocenters. The van der Waals surface area contributed by atoms with Gasteiger partial charge in [0.25, 0.3) is 0 Å². The van der Waals surface area contributed by atoms with Gasteiger partial charge < -0.3 is 4.74 Å². The molecule has 1 N–H and O–H groups in total. The first-order valence-electron chi connectivity index (χ1n) is 8.00. The zero-order chi connectivity index (χ0) is 17.6. The number of hydrazone groups is 1. The maximum atomic E-state index is 5.28. The highest BCUT2D eigenvalue weighted by atomic mass is 16.5. The normalized spacial score (nSPS) is 10.8. The minimum absolute atomic E-state index is 0.647. The fraction of sp³-hybridized carbons (Fsp3) is 0.150. The lowest BCUT2D eigenvalue weighted by molar-refractivity contribution is 0.415. The van der Waals surface area contributed by atoms with Gasteiger partial charge >= 0.3 is 0 Å². The molecule has 5 nitrogen and oxygen atoms in total. The Labute approximate surface area is 147 Å². The van der Waals surface area contributed by atoms with Gasteiger partial charge in [-0.3, -0.25) is 5.43 Å². The number of hydrogen-bond donors (Lipinski definition) is 1. The molecule has 1 aromatic heterocycles. The van der Waals surface area contributed by atoms with E-state index in [1.165, 1.54) is 5.56 Å². The maximum absolute atomic E-state index is 5.28. The van der Waals surface area contributed by atoms with E-state index in [4.69, 9.17) is 4.74 Å². The summed E-state index contributed by atoms with van der Waals surface area (Å²) in [6.07, 6.45) is 1.77. The predicted octanol–water partition coefficient (Wildman–Crippen LogP) is 4.22. The molecule has 0 radical (unpaired) electrons. The molecule has 1 heterocycles. The summed E-state index contributed by atoms with van der Waals surface area (Å²) in [4.78, 5) is 8.88. The SMILES string of the molecule is COc1cccc(-c2cc(N/N=C/c3ccc(C)cc3)nc(C)n2)c1. The summed E-state index contributed by atoms with van der Waals surface area (Å²) in [6, 6.07) is 17.8. The van der Waals surface area contributed by atoms with Gasteiger partial charge in [0.05, 0.1) is 19.0 Å². The molecule has 0 amide bonds. The Morgan fingerprint density at radius 3 is 2.56 bits per heavy atom. The van der Waals surface area contributed by atoms with Gasteiger partial charge in [-0.05, 0) is 31.5 Å². The number of benzene rings is 2. The van der Waals surface area contributed by atoms with Crippen LogP contribution in [-0.2, 0) is 0 Å². The molecule has 25 heavy (non-hydrogen) atoms. The summed E-state index contributed by atoms with van der Waals surface area (Å²) in [5.74, 6) is 2.11. The van der Waals surface area contributed by atoms with Crippen molar-refractivity contribution in [1.82, 2.24) is 9.97 Å². The average Bonchev–Trinajstić information content (AvgIpc) is 2.63. The Bertz CT molecular complexity index is 888. The van der Waals surface area contributed by atoms with Crippen molar-refractivity contribution in [2.75, 3.05) is 12.5 Å². The fourth-order valence-electron chi connectivity index (χ4n) is 2.38. The molecule has 5 heteroatoms. The maximum Gasteiger partial charge on any atom is 0.150 e. The number of aromatic nitrogens is 2. The molecule has 0 fully saturated rings. The molecule has 0 bridgehead atoms. The average molecular weight is 332 g/mol. The molecule has 0 aliphatic heterocycles. The number of rotatable bonds is 5. The third-order valence-electron chi connectivity index (χ3n) is 3.67. The number of aryl methyl sites for hydroxylation is 2. The summed E-state index contributed by atoms with van der Waals surface area (Å²) in [6.45, 7) is 3.92. The van der Waals surface area contributed by atoms with Gasteiger partial charge in [0, 0.05) is 11.6 Å². The standard InChI is InChI=1S/C20H20N4O/c1-14-7-9-16(10-8-14)13-21-24-20-12-19(22-15(2)23-20)17-5-4-6-18(11-17)25-3/h4-13H,1-3H3,(H,22,23,24)/b21-13+.